The van der Waals surface area contributed by atoms with Crippen molar-refractivity contribution < 1.29 is 26.0 Å². The van der Waals surface area contributed by atoms with Crippen molar-refractivity contribution >= 4 is 10.0 Å². The molecule has 0 unspecified atom stereocenters. The summed E-state index contributed by atoms with van der Waals surface area (Å²) in [5.74, 6) is -1.29. The van der Waals surface area contributed by atoms with E-state index in [1.807, 2.05) is 0 Å². The molecule has 1 saturated carbocycles. The lowest BCUT2D eigenvalue weighted by molar-refractivity contribution is 0.0809. The molecule has 162 valence electrons. The van der Waals surface area contributed by atoms with E-state index in [0.717, 1.165) is 37.3 Å². The molecular weight excluding hydrogens is 420 g/mol. The lowest BCUT2D eigenvalue weighted by Gasteiger charge is -2.52. The fourth-order valence-corrected chi connectivity index (χ4v) is 5.38. The second kappa shape index (κ2) is 7.94. The fraction of sp³-hybridized carbons (Fsp3) is 0.429. The Labute approximate surface area is 172 Å². The maximum Gasteiger partial charge on any atom is 0.263 e. The van der Waals surface area contributed by atoms with Crippen LogP contribution in [0.5, 0.6) is 0 Å². The molecule has 2 bridgehead atoms. The maximum absolute atomic E-state index is 15.3. The number of nitrogens with one attached hydrogen (secondary N) is 2. The van der Waals surface area contributed by atoms with Crippen molar-refractivity contribution in [2.45, 2.75) is 43.8 Å². The highest BCUT2D eigenvalue weighted by Gasteiger charge is 2.46. The van der Waals surface area contributed by atoms with Crippen molar-refractivity contribution in [3.05, 3.63) is 59.2 Å². The molecule has 3 aliphatic rings. The molecule has 2 N–H and O–H groups in total. The Bertz CT molecular complexity index is 1050. The van der Waals surface area contributed by atoms with Crippen molar-refractivity contribution in [1.82, 2.24) is 10.0 Å². The van der Waals surface area contributed by atoms with Gasteiger partial charge in [-0.1, -0.05) is 18.2 Å². The van der Waals surface area contributed by atoms with E-state index in [0.29, 0.717) is 5.56 Å². The normalized spacial score (nSPS) is 25.9. The van der Waals surface area contributed by atoms with Crippen molar-refractivity contribution in [2.24, 2.45) is 5.92 Å². The molecule has 0 amide bonds. The van der Waals surface area contributed by atoms with E-state index < -0.39 is 33.6 Å². The summed E-state index contributed by atoms with van der Waals surface area (Å²) >= 11 is 0. The number of sulfonamides is 1. The van der Waals surface area contributed by atoms with Crippen molar-refractivity contribution in [3.63, 3.8) is 0 Å². The van der Waals surface area contributed by atoms with Gasteiger partial charge in [-0.25, -0.2) is 30.7 Å². The number of rotatable bonds is 6. The summed E-state index contributed by atoms with van der Waals surface area (Å²) in [4.78, 5) is 0. The average molecular weight is 442 g/mol. The van der Waals surface area contributed by atoms with E-state index in [1.165, 1.54) is 6.07 Å². The first-order valence-corrected chi connectivity index (χ1v) is 11.6. The van der Waals surface area contributed by atoms with Gasteiger partial charge in [0.05, 0.1) is 6.26 Å². The topological polar surface area (TPSA) is 58.2 Å². The molecule has 2 atom stereocenters. The van der Waals surface area contributed by atoms with Gasteiger partial charge in [-0.15, -0.1) is 0 Å². The SMILES string of the molecule is CS(=O)(=O)N[C@H]1C2CC(C2)N[C@H]1Cc1cccc(-c2cc(F)cc(C(F)F)c2)c1F. The minimum absolute atomic E-state index is 0.0301. The molecule has 2 saturated heterocycles. The largest absolute Gasteiger partial charge is 0.309 e. The predicted molar refractivity (Wildman–Crippen MR) is 106 cm³/mol. The molecule has 5 rings (SSSR count). The van der Waals surface area contributed by atoms with Gasteiger partial charge >= 0.3 is 0 Å². The van der Waals surface area contributed by atoms with E-state index in [9.17, 15) is 21.6 Å². The second-order valence-electron chi connectivity index (χ2n) is 8.17. The Hall–Kier alpha value is -1.97. The molecule has 2 aromatic carbocycles. The van der Waals surface area contributed by atoms with Crippen LogP contribution in [-0.4, -0.2) is 32.8 Å². The zero-order valence-corrected chi connectivity index (χ0v) is 17.0. The van der Waals surface area contributed by atoms with Crippen LogP contribution in [0, 0.1) is 17.6 Å². The molecule has 0 radical (unpaired) electrons. The van der Waals surface area contributed by atoms with Gasteiger partial charge in [0.1, 0.15) is 11.6 Å². The number of halogens is 4. The van der Waals surface area contributed by atoms with Crippen LogP contribution < -0.4 is 10.0 Å². The second-order valence-corrected chi connectivity index (χ2v) is 9.95. The Balaban J connectivity index is 1.64. The highest BCUT2D eigenvalue weighted by Crippen LogP contribution is 2.38. The van der Waals surface area contributed by atoms with Crippen molar-refractivity contribution in [1.29, 1.82) is 0 Å². The number of hydrogen-bond acceptors (Lipinski definition) is 3. The molecule has 4 nitrogen and oxygen atoms in total. The summed E-state index contributed by atoms with van der Waals surface area (Å²) in [6.07, 6.45) is 0.182. The standard InChI is InChI=1S/C21H22F4N2O2S/c1-30(28,29)27-20-13-8-16(9-13)26-18(20)10-11-3-2-4-17(19(11)23)12-5-14(21(24)25)7-15(22)6-12/h2-7,13,16,18,20-21,26-27H,8-10H2,1H3/t13?,16?,18-,20-/m0/s1. The van der Waals surface area contributed by atoms with E-state index in [2.05, 4.69) is 10.0 Å². The van der Waals surface area contributed by atoms with Crippen LogP contribution in [0.25, 0.3) is 11.1 Å². The highest BCUT2D eigenvalue weighted by atomic mass is 32.2. The number of benzene rings is 2. The smallest absolute Gasteiger partial charge is 0.263 e. The molecular formula is C21H22F4N2O2S. The minimum Gasteiger partial charge on any atom is -0.309 e. The van der Waals surface area contributed by atoms with Gasteiger partial charge in [0, 0.05) is 29.3 Å². The monoisotopic (exact) mass is 442 g/mol. The van der Waals surface area contributed by atoms with E-state index in [1.54, 1.807) is 12.1 Å². The summed E-state index contributed by atoms with van der Waals surface area (Å²) in [7, 11) is -3.43. The van der Waals surface area contributed by atoms with E-state index in [-0.39, 0.29) is 41.6 Å². The third-order valence-electron chi connectivity index (χ3n) is 5.92. The number of hydrogen-bond donors (Lipinski definition) is 2. The van der Waals surface area contributed by atoms with Crippen LogP contribution in [0.15, 0.2) is 36.4 Å². The van der Waals surface area contributed by atoms with E-state index >= 15 is 4.39 Å². The minimum atomic E-state index is -3.43. The van der Waals surface area contributed by atoms with Gasteiger partial charge in [-0.2, -0.15) is 0 Å². The van der Waals surface area contributed by atoms with Crippen LogP contribution in [0.2, 0.25) is 0 Å². The summed E-state index contributed by atoms with van der Waals surface area (Å²) in [6, 6.07) is 7.04. The summed E-state index contributed by atoms with van der Waals surface area (Å²) in [5, 5.41) is 3.37. The molecule has 3 fully saturated rings. The van der Waals surface area contributed by atoms with Gasteiger partial charge in [-0.05, 0) is 54.5 Å². The lowest BCUT2D eigenvalue weighted by Crippen LogP contribution is -2.67. The lowest BCUT2D eigenvalue weighted by atomic mass is 9.68. The van der Waals surface area contributed by atoms with Gasteiger partial charge in [0.15, 0.2) is 0 Å². The molecule has 0 aromatic heterocycles. The van der Waals surface area contributed by atoms with Crippen LogP contribution in [-0.2, 0) is 16.4 Å². The Morgan fingerprint density at radius 2 is 1.90 bits per heavy atom. The molecule has 2 aliphatic heterocycles. The first kappa shape index (κ1) is 21.3. The maximum atomic E-state index is 15.3. The van der Waals surface area contributed by atoms with Crippen LogP contribution >= 0.6 is 0 Å². The third-order valence-corrected chi connectivity index (χ3v) is 6.62. The van der Waals surface area contributed by atoms with Crippen molar-refractivity contribution in [2.75, 3.05) is 6.26 Å². The molecule has 30 heavy (non-hydrogen) atoms. The predicted octanol–water partition coefficient (Wildman–Crippen LogP) is 3.78. The number of alkyl halides is 2. The average Bonchev–Trinajstić information content (AvgIpc) is 2.62. The Kier molecular flexibility index (Phi) is 5.63. The fourth-order valence-electron chi connectivity index (χ4n) is 4.53. The van der Waals surface area contributed by atoms with Gasteiger partial charge in [0.25, 0.3) is 6.43 Å². The zero-order valence-electron chi connectivity index (χ0n) is 16.2. The van der Waals surface area contributed by atoms with Gasteiger partial charge in [-0.3, -0.25) is 0 Å². The molecule has 2 heterocycles. The van der Waals surface area contributed by atoms with Crippen molar-refractivity contribution in [3.8, 4) is 11.1 Å². The molecule has 2 aromatic rings. The zero-order chi connectivity index (χ0) is 21.6. The first-order chi connectivity index (χ1) is 14.1. The Morgan fingerprint density at radius 3 is 2.57 bits per heavy atom. The molecule has 9 heteroatoms. The van der Waals surface area contributed by atoms with Gasteiger partial charge < -0.3 is 5.32 Å². The summed E-state index contributed by atoms with van der Waals surface area (Å²) in [5.41, 5.74) is -0.131. The van der Waals surface area contributed by atoms with Crippen LogP contribution in [0.4, 0.5) is 17.6 Å². The third kappa shape index (κ3) is 4.38. The quantitative estimate of drug-likeness (QED) is 0.670. The number of piperidine rings is 2. The number of fused-ring (bicyclic) bond motifs is 2. The molecule has 1 aliphatic carbocycles. The van der Waals surface area contributed by atoms with Gasteiger partial charge in [0.2, 0.25) is 10.0 Å². The molecule has 0 spiro atoms. The van der Waals surface area contributed by atoms with E-state index in [4.69, 9.17) is 0 Å². The van der Waals surface area contributed by atoms with Crippen LogP contribution in [0.1, 0.15) is 30.4 Å². The highest BCUT2D eigenvalue weighted by molar-refractivity contribution is 7.88. The summed E-state index contributed by atoms with van der Waals surface area (Å²) in [6.45, 7) is 0. The van der Waals surface area contributed by atoms with Crippen LogP contribution in [0.3, 0.4) is 0 Å². The Morgan fingerprint density at radius 1 is 1.17 bits per heavy atom. The first-order valence-electron chi connectivity index (χ1n) is 9.70. The summed E-state index contributed by atoms with van der Waals surface area (Å²) < 4.78 is 81.3.